The van der Waals surface area contributed by atoms with Crippen LogP contribution in [0.5, 0.6) is 5.75 Å². The number of carbonyl (C=O) groups is 1. The largest absolute Gasteiger partial charge is 0.481 e. The summed E-state index contributed by atoms with van der Waals surface area (Å²) in [7, 11) is 0. The second kappa shape index (κ2) is 8.83. The van der Waals surface area contributed by atoms with E-state index in [2.05, 4.69) is 33.5 Å². The molecule has 1 amide bonds. The van der Waals surface area contributed by atoms with E-state index in [1.165, 1.54) is 36.7 Å². The molecular weight excluding hydrogens is 399 g/mol. The zero-order chi connectivity index (χ0) is 21.8. The second-order valence-electron chi connectivity index (χ2n) is 7.08. The summed E-state index contributed by atoms with van der Waals surface area (Å²) >= 11 is 0. The molecule has 1 saturated heterocycles. The Bertz CT molecular complexity index is 1180. The van der Waals surface area contributed by atoms with Gasteiger partial charge in [0.1, 0.15) is 36.0 Å². The number of nitrogen functional groups attached to an aromatic ring is 1. The average molecular weight is 420 g/mol. The summed E-state index contributed by atoms with van der Waals surface area (Å²) in [5.74, 6) is 6.25. The number of hydrogen-bond donors (Lipinski definition) is 1. The van der Waals surface area contributed by atoms with Gasteiger partial charge in [0.25, 0.3) is 0 Å². The van der Waals surface area contributed by atoms with Crippen molar-refractivity contribution < 1.29 is 13.9 Å². The molecule has 31 heavy (non-hydrogen) atoms. The van der Waals surface area contributed by atoms with E-state index in [0.717, 1.165) is 12.8 Å². The van der Waals surface area contributed by atoms with Crippen molar-refractivity contribution in [3.8, 4) is 17.6 Å². The van der Waals surface area contributed by atoms with Crippen molar-refractivity contribution in [2.24, 2.45) is 0 Å². The summed E-state index contributed by atoms with van der Waals surface area (Å²) < 4.78 is 20.3. The van der Waals surface area contributed by atoms with Crippen molar-refractivity contribution in [3.63, 3.8) is 0 Å². The van der Waals surface area contributed by atoms with Crippen LogP contribution in [-0.4, -0.2) is 50.3 Å². The number of hydrogen-bond acceptors (Lipinski definition) is 6. The van der Waals surface area contributed by atoms with Gasteiger partial charge in [-0.15, -0.1) is 0 Å². The lowest BCUT2D eigenvalue weighted by Gasteiger charge is -2.32. The molecule has 1 aliphatic rings. The number of rotatable bonds is 4. The average Bonchev–Trinajstić information content (AvgIpc) is 3.17. The number of amides is 1. The van der Waals surface area contributed by atoms with Crippen molar-refractivity contribution in [2.45, 2.75) is 18.9 Å². The van der Waals surface area contributed by atoms with Crippen molar-refractivity contribution in [3.05, 3.63) is 54.8 Å². The molecule has 1 aliphatic heterocycles. The Balaban J connectivity index is 1.59. The molecule has 4 rings (SSSR count). The highest BCUT2D eigenvalue weighted by Crippen LogP contribution is 2.28. The highest BCUT2D eigenvalue weighted by atomic mass is 19.1. The fourth-order valence-corrected chi connectivity index (χ4v) is 3.59. The molecule has 0 saturated carbocycles. The highest BCUT2D eigenvalue weighted by molar-refractivity contribution is 5.90. The van der Waals surface area contributed by atoms with Gasteiger partial charge in [-0.2, -0.15) is 5.10 Å². The minimum atomic E-state index is -0.331. The van der Waals surface area contributed by atoms with Crippen LogP contribution in [-0.2, 0) is 4.79 Å². The molecule has 0 bridgehead atoms. The number of likely N-dealkylation sites (tertiary alicyclic amines) is 1. The Hall–Kier alpha value is -3.93. The predicted molar refractivity (Wildman–Crippen MR) is 114 cm³/mol. The fourth-order valence-electron chi connectivity index (χ4n) is 3.59. The van der Waals surface area contributed by atoms with Gasteiger partial charge in [0, 0.05) is 13.1 Å². The minimum absolute atomic E-state index is 0.0551. The Morgan fingerprint density at radius 2 is 2.16 bits per heavy atom. The molecule has 3 aromatic rings. The van der Waals surface area contributed by atoms with Gasteiger partial charge >= 0.3 is 0 Å². The van der Waals surface area contributed by atoms with Crippen LogP contribution in [0.4, 0.5) is 10.2 Å². The van der Waals surface area contributed by atoms with Gasteiger partial charge in [0.05, 0.1) is 11.4 Å². The monoisotopic (exact) mass is 420 g/mol. The van der Waals surface area contributed by atoms with Crippen LogP contribution < -0.4 is 10.5 Å². The van der Waals surface area contributed by atoms with Gasteiger partial charge in [0.15, 0.2) is 5.65 Å². The Morgan fingerprint density at radius 3 is 2.94 bits per heavy atom. The number of aromatic nitrogens is 4. The zero-order valence-electron chi connectivity index (χ0n) is 16.8. The normalized spacial score (nSPS) is 15.9. The molecule has 1 unspecified atom stereocenters. The van der Waals surface area contributed by atoms with E-state index in [9.17, 15) is 9.18 Å². The lowest BCUT2D eigenvalue weighted by atomic mass is 10.1. The van der Waals surface area contributed by atoms with Crippen LogP contribution in [0.25, 0.3) is 11.0 Å². The number of benzene rings is 1. The van der Waals surface area contributed by atoms with Gasteiger partial charge in [-0.25, -0.2) is 19.0 Å². The number of halogens is 1. The molecule has 8 nitrogen and oxygen atoms in total. The Morgan fingerprint density at radius 1 is 1.35 bits per heavy atom. The summed E-state index contributed by atoms with van der Waals surface area (Å²) in [5, 5.41) is 5.21. The van der Waals surface area contributed by atoms with Crippen LogP contribution in [0.3, 0.4) is 0 Å². The van der Waals surface area contributed by atoms with E-state index in [1.54, 1.807) is 9.58 Å². The van der Waals surface area contributed by atoms with Crippen molar-refractivity contribution in [1.82, 2.24) is 24.6 Å². The van der Waals surface area contributed by atoms with Crippen LogP contribution in [0.1, 0.15) is 24.6 Å². The third-order valence-corrected chi connectivity index (χ3v) is 5.08. The minimum Gasteiger partial charge on any atom is -0.481 e. The van der Waals surface area contributed by atoms with Gasteiger partial charge in [-0.1, -0.05) is 12.5 Å². The SMILES string of the molecule is C=CC(=O)N1CCCC(n2nc(C#CCOc3ccc(F)cc3)c3c(N)ncnc32)C1. The molecule has 1 atom stereocenters. The molecule has 1 aromatic carbocycles. The number of nitrogens with two attached hydrogens (primary N) is 1. The number of fused-ring (bicyclic) bond motifs is 1. The molecule has 2 aromatic heterocycles. The van der Waals surface area contributed by atoms with Crippen molar-refractivity contribution in [2.75, 3.05) is 25.4 Å². The third kappa shape index (κ3) is 4.33. The number of anilines is 1. The van der Waals surface area contributed by atoms with E-state index < -0.39 is 0 Å². The van der Waals surface area contributed by atoms with Crippen LogP contribution in [0.2, 0.25) is 0 Å². The Labute approximate surface area is 178 Å². The topological polar surface area (TPSA) is 99.2 Å². The molecular formula is C22H21FN6O2. The van der Waals surface area contributed by atoms with E-state index in [4.69, 9.17) is 10.5 Å². The molecule has 3 heterocycles. The number of carbonyl (C=O) groups excluding carboxylic acids is 1. The molecule has 0 spiro atoms. The van der Waals surface area contributed by atoms with Crippen LogP contribution in [0, 0.1) is 17.7 Å². The lowest BCUT2D eigenvalue weighted by molar-refractivity contribution is -0.127. The molecule has 2 N–H and O–H groups in total. The maximum atomic E-state index is 13.0. The highest BCUT2D eigenvalue weighted by Gasteiger charge is 2.27. The summed E-state index contributed by atoms with van der Waals surface area (Å²) in [4.78, 5) is 22.2. The molecule has 1 fully saturated rings. The maximum Gasteiger partial charge on any atom is 0.246 e. The molecule has 0 radical (unpaired) electrons. The molecule has 9 heteroatoms. The molecule has 158 valence electrons. The predicted octanol–water partition coefficient (Wildman–Crippen LogP) is 2.33. The number of piperidine rings is 1. The number of ether oxygens (including phenoxy) is 1. The van der Waals surface area contributed by atoms with Gasteiger partial charge in [0.2, 0.25) is 5.91 Å². The first-order chi connectivity index (χ1) is 15.1. The third-order valence-electron chi connectivity index (χ3n) is 5.08. The van der Waals surface area contributed by atoms with Crippen molar-refractivity contribution in [1.29, 1.82) is 0 Å². The number of nitrogens with zero attached hydrogens (tertiary/aromatic N) is 5. The maximum absolute atomic E-state index is 13.0. The van der Waals surface area contributed by atoms with E-state index in [-0.39, 0.29) is 30.2 Å². The van der Waals surface area contributed by atoms with Gasteiger partial charge < -0.3 is 15.4 Å². The summed E-state index contributed by atoms with van der Waals surface area (Å²) in [6.07, 6.45) is 4.41. The lowest BCUT2D eigenvalue weighted by Crippen LogP contribution is -2.40. The second-order valence-corrected chi connectivity index (χ2v) is 7.08. The van der Waals surface area contributed by atoms with Crippen LogP contribution in [0.15, 0.2) is 43.2 Å². The zero-order valence-corrected chi connectivity index (χ0v) is 16.8. The summed E-state index contributed by atoms with van der Waals surface area (Å²) in [6, 6.07) is 5.65. The standard InChI is InChI=1S/C22H21FN6O2/c1-2-19(30)28-11-3-5-16(13-28)29-22-20(21(24)25-14-26-22)18(27-29)6-4-12-31-17-9-7-15(23)8-10-17/h2,7-10,14,16H,1,3,5,11-13H2,(H2,24,25,26). The van der Waals surface area contributed by atoms with Gasteiger partial charge in [-0.3, -0.25) is 4.79 Å². The van der Waals surface area contributed by atoms with Gasteiger partial charge in [-0.05, 0) is 49.1 Å². The first kappa shape index (κ1) is 20.3. The first-order valence-corrected chi connectivity index (χ1v) is 9.84. The quantitative estimate of drug-likeness (QED) is 0.514. The Kier molecular flexibility index (Phi) is 5.80. The van der Waals surface area contributed by atoms with E-state index in [0.29, 0.717) is 35.6 Å². The summed E-state index contributed by atoms with van der Waals surface area (Å²) in [5.41, 5.74) is 7.11. The van der Waals surface area contributed by atoms with Crippen molar-refractivity contribution >= 4 is 22.8 Å². The first-order valence-electron chi connectivity index (χ1n) is 9.84. The molecule has 0 aliphatic carbocycles. The van der Waals surface area contributed by atoms with E-state index >= 15 is 0 Å². The summed E-state index contributed by atoms with van der Waals surface area (Å²) in [6.45, 7) is 4.86. The van der Waals surface area contributed by atoms with E-state index in [1.807, 2.05) is 0 Å². The fraction of sp³-hybridized carbons (Fsp3) is 0.273. The smallest absolute Gasteiger partial charge is 0.246 e. The van der Waals surface area contributed by atoms with Crippen LogP contribution >= 0.6 is 0 Å².